The minimum absolute atomic E-state index is 0.0876. The van der Waals surface area contributed by atoms with Crippen molar-refractivity contribution in [2.24, 2.45) is 11.3 Å². The summed E-state index contributed by atoms with van der Waals surface area (Å²) in [5.74, 6) is -0.674. The van der Waals surface area contributed by atoms with Crippen molar-refractivity contribution in [1.29, 1.82) is 0 Å². The molecule has 2 N–H and O–H groups in total. The fourth-order valence-electron chi connectivity index (χ4n) is 5.59. The van der Waals surface area contributed by atoms with Crippen LogP contribution >= 0.6 is 11.3 Å². The molecule has 1 aliphatic heterocycles. The molecule has 0 saturated carbocycles. The maximum absolute atomic E-state index is 14.1. The van der Waals surface area contributed by atoms with Gasteiger partial charge in [-0.2, -0.15) is 18.3 Å². The molecular weight excluding hydrogens is 541 g/mol. The second-order valence-electron chi connectivity index (χ2n) is 11.4. The van der Waals surface area contributed by atoms with Crippen LogP contribution < -0.4 is 10.6 Å². The first-order chi connectivity index (χ1) is 18.9. The van der Waals surface area contributed by atoms with Crippen LogP contribution in [0.4, 0.5) is 24.0 Å². The van der Waals surface area contributed by atoms with Gasteiger partial charge in [0.15, 0.2) is 11.7 Å². The number of nitrogens with one attached hydrogen (secondary N) is 2. The molecule has 2 aromatic heterocycles. The number of esters is 1. The number of thiophene rings is 1. The first-order valence-corrected chi connectivity index (χ1v) is 14.3. The van der Waals surface area contributed by atoms with Gasteiger partial charge in [0.1, 0.15) is 10.8 Å². The van der Waals surface area contributed by atoms with Crippen molar-refractivity contribution in [1.82, 2.24) is 9.78 Å². The Morgan fingerprint density at radius 3 is 2.58 bits per heavy atom. The van der Waals surface area contributed by atoms with Gasteiger partial charge in [-0.05, 0) is 48.6 Å². The topological polar surface area (TPSA) is 85.2 Å². The lowest BCUT2D eigenvalue weighted by Gasteiger charge is -2.33. The molecule has 3 atom stereocenters. The van der Waals surface area contributed by atoms with Gasteiger partial charge in [-0.1, -0.05) is 51.1 Å². The van der Waals surface area contributed by atoms with Gasteiger partial charge in [0.25, 0.3) is 5.91 Å². The fraction of sp³-hybridized carbons (Fsp3) is 0.483. The van der Waals surface area contributed by atoms with Crippen LogP contribution in [-0.2, 0) is 17.6 Å². The Balaban J connectivity index is 1.45. The zero-order valence-corrected chi connectivity index (χ0v) is 23.7. The number of halogens is 3. The number of hydrogen-bond donors (Lipinski definition) is 2. The third-order valence-electron chi connectivity index (χ3n) is 7.82. The number of nitrogens with zero attached hydrogens (tertiary/aromatic N) is 2. The van der Waals surface area contributed by atoms with Gasteiger partial charge in [-0.3, -0.25) is 4.79 Å². The molecule has 0 bridgehead atoms. The van der Waals surface area contributed by atoms with E-state index in [4.69, 9.17) is 4.74 Å². The van der Waals surface area contributed by atoms with E-state index >= 15 is 0 Å². The van der Waals surface area contributed by atoms with Crippen LogP contribution in [0.15, 0.2) is 36.4 Å². The van der Waals surface area contributed by atoms with Gasteiger partial charge in [-0.15, -0.1) is 11.3 Å². The standard InChI is InChI=1S/C29H33F3N4O3S/c1-5-39-27(38)24-18-12-11-17(28(2,3)4)13-21(18)40-26(24)34-25(37)20-15-23-33-19(16-9-7-6-8-10-16)14-22(29(30,31)32)36(23)35-20/h6-10,15,17,19,22,33H,5,11-14H2,1-4H3,(H,34,37)/t17-,19+,22-/m1/s1. The molecule has 0 spiro atoms. The first-order valence-electron chi connectivity index (χ1n) is 13.5. The Hall–Kier alpha value is -3.34. The van der Waals surface area contributed by atoms with Crippen molar-refractivity contribution in [2.45, 2.75) is 71.6 Å². The van der Waals surface area contributed by atoms with Crippen LogP contribution in [0.25, 0.3) is 0 Å². The Morgan fingerprint density at radius 2 is 1.93 bits per heavy atom. The number of carbonyl (C=O) groups is 2. The van der Waals surface area contributed by atoms with Gasteiger partial charge >= 0.3 is 12.1 Å². The highest BCUT2D eigenvalue weighted by Crippen LogP contribution is 2.46. The molecule has 0 fully saturated rings. The Labute approximate surface area is 235 Å². The lowest BCUT2D eigenvalue weighted by molar-refractivity contribution is -0.173. The van der Waals surface area contributed by atoms with E-state index in [9.17, 15) is 22.8 Å². The van der Waals surface area contributed by atoms with E-state index in [1.807, 2.05) is 0 Å². The number of aromatic nitrogens is 2. The molecule has 3 aromatic rings. The largest absolute Gasteiger partial charge is 0.462 e. The van der Waals surface area contributed by atoms with Crippen molar-refractivity contribution < 1.29 is 27.5 Å². The lowest BCUT2D eigenvalue weighted by Crippen LogP contribution is -2.35. The molecule has 5 rings (SSSR count). The predicted molar refractivity (Wildman–Crippen MR) is 148 cm³/mol. The number of ether oxygens (including phenoxy) is 1. The maximum Gasteiger partial charge on any atom is 0.410 e. The Kier molecular flexibility index (Phi) is 7.45. The summed E-state index contributed by atoms with van der Waals surface area (Å²) >= 11 is 1.33. The van der Waals surface area contributed by atoms with Gasteiger partial charge in [0.05, 0.1) is 18.2 Å². The van der Waals surface area contributed by atoms with Crippen molar-refractivity contribution in [2.75, 3.05) is 17.2 Å². The van der Waals surface area contributed by atoms with Gasteiger partial charge in [0, 0.05) is 17.4 Å². The summed E-state index contributed by atoms with van der Waals surface area (Å²) in [4.78, 5) is 27.4. The van der Waals surface area contributed by atoms with E-state index in [-0.39, 0.29) is 30.0 Å². The summed E-state index contributed by atoms with van der Waals surface area (Å²) < 4.78 is 48.4. The van der Waals surface area contributed by atoms with Crippen LogP contribution in [0.3, 0.4) is 0 Å². The van der Waals surface area contributed by atoms with Crippen LogP contribution in [0.1, 0.15) is 89.5 Å². The summed E-state index contributed by atoms with van der Waals surface area (Å²) in [6.45, 7) is 8.47. The molecule has 1 aromatic carbocycles. The minimum Gasteiger partial charge on any atom is -0.462 e. The van der Waals surface area contributed by atoms with Crippen molar-refractivity contribution in [3.8, 4) is 0 Å². The van der Waals surface area contributed by atoms with E-state index in [0.29, 0.717) is 28.5 Å². The summed E-state index contributed by atoms with van der Waals surface area (Å²) in [6.07, 6.45) is -2.44. The number of anilines is 2. The third-order valence-corrected chi connectivity index (χ3v) is 8.99. The number of benzene rings is 1. The molecule has 11 heteroatoms. The van der Waals surface area contributed by atoms with Crippen molar-refractivity contribution >= 4 is 34.0 Å². The van der Waals surface area contributed by atoms with E-state index in [1.165, 1.54) is 17.4 Å². The van der Waals surface area contributed by atoms with Crippen molar-refractivity contribution in [3.63, 3.8) is 0 Å². The highest BCUT2D eigenvalue weighted by molar-refractivity contribution is 7.17. The molecule has 214 valence electrons. The normalized spacial score (nSPS) is 20.7. The zero-order chi connectivity index (χ0) is 28.8. The number of carbonyl (C=O) groups excluding carboxylic acids is 2. The lowest BCUT2D eigenvalue weighted by atomic mass is 9.72. The quantitative estimate of drug-likeness (QED) is 0.315. The number of alkyl halides is 3. The molecule has 1 amide bonds. The highest BCUT2D eigenvalue weighted by atomic mass is 32.1. The summed E-state index contributed by atoms with van der Waals surface area (Å²) in [6, 6.07) is 7.73. The average molecular weight is 575 g/mol. The van der Waals surface area contributed by atoms with Crippen LogP contribution in [0.2, 0.25) is 0 Å². The number of amides is 1. The number of fused-ring (bicyclic) bond motifs is 2. The first kappa shape index (κ1) is 28.2. The molecular formula is C29H33F3N4O3S. The number of hydrogen-bond acceptors (Lipinski definition) is 6. The average Bonchev–Trinajstić information content (AvgIpc) is 3.48. The molecule has 0 saturated heterocycles. The summed E-state index contributed by atoms with van der Waals surface area (Å²) in [5.41, 5.74) is 1.85. The Morgan fingerprint density at radius 1 is 1.20 bits per heavy atom. The van der Waals surface area contributed by atoms with Gasteiger partial charge < -0.3 is 15.4 Å². The van der Waals surface area contributed by atoms with E-state index < -0.39 is 30.1 Å². The Bertz CT molecular complexity index is 1410. The molecule has 0 unspecified atom stereocenters. The SMILES string of the molecule is CCOC(=O)c1c(NC(=O)c2cc3n(n2)[C@@H](C(F)(F)F)C[C@@H](c2ccccc2)N3)sc2c1CC[C@@H](C(C)(C)C)C2. The molecule has 3 heterocycles. The summed E-state index contributed by atoms with van der Waals surface area (Å²) in [5, 5.41) is 10.3. The molecule has 7 nitrogen and oxygen atoms in total. The van der Waals surface area contributed by atoms with E-state index in [2.05, 4.69) is 36.5 Å². The second-order valence-corrected chi connectivity index (χ2v) is 12.6. The van der Waals surface area contributed by atoms with E-state index in [1.54, 1.807) is 37.3 Å². The van der Waals surface area contributed by atoms with Crippen LogP contribution in [0, 0.1) is 11.3 Å². The van der Waals surface area contributed by atoms with E-state index in [0.717, 1.165) is 28.0 Å². The zero-order valence-electron chi connectivity index (χ0n) is 22.9. The van der Waals surface area contributed by atoms with Crippen LogP contribution in [-0.4, -0.2) is 34.4 Å². The smallest absolute Gasteiger partial charge is 0.410 e. The van der Waals surface area contributed by atoms with Crippen LogP contribution in [0.5, 0.6) is 0 Å². The minimum atomic E-state index is -4.56. The third kappa shape index (κ3) is 5.48. The highest BCUT2D eigenvalue weighted by Gasteiger charge is 2.47. The van der Waals surface area contributed by atoms with Crippen molar-refractivity contribution in [3.05, 3.63) is 63.7 Å². The fourth-order valence-corrected chi connectivity index (χ4v) is 6.90. The molecule has 40 heavy (non-hydrogen) atoms. The van der Waals surface area contributed by atoms with Gasteiger partial charge in [0.2, 0.25) is 0 Å². The predicted octanol–water partition coefficient (Wildman–Crippen LogP) is 7.18. The summed E-state index contributed by atoms with van der Waals surface area (Å²) in [7, 11) is 0. The number of rotatable bonds is 5. The van der Waals surface area contributed by atoms with Gasteiger partial charge in [-0.25, -0.2) is 9.48 Å². The monoisotopic (exact) mass is 574 g/mol. The molecule has 1 aliphatic carbocycles. The second kappa shape index (κ2) is 10.6. The molecule has 0 radical (unpaired) electrons. The maximum atomic E-state index is 14.1. The molecule has 2 aliphatic rings.